The molecule has 0 aliphatic heterocycles. The average Bonchev–Trinajstić information content (AvgIpc) is 3.23. The number of halogens is 1. The smallest absolute Gasteiger partial charge is 0.309 e. The van der Waals surface area contributed by atoms with Gasteiger partial charge in [0.2, 0.25) is 0 Å². The minimum Gasteiger partial charge on any atom is -0.481 e. The van der Waals surface area contributed by atoms with Crippen molar-refractivity contribution in [2.45, 2.75) is 26.3 Å². The molecule has 166 valence electrons. The van der Waals surface area contributed by atoms with Gasteiger partial charge >= 0.3 is 5.97 Å². The van der Waals surface area contributed by atoms with E-state index < -0.39 is 11.9 Å². The van der Waals surface area contributed by atoms with Gasteiger partial charge in [0.15, 0.2) is 5.13 Å². The number of aromatic nitrogens is 3. The first-order chi connectivity index (χ1) is 16.0. The molecular weight excluding hydrogens is 483 g/mol. The Morgan fingerprint density at radius 3 is 2.55 bits per heavy atom. The van der Waals surface area contributed by atoms with Crippen molar-refractivity contribution >= 4 is 51.9 Å². The zero-order valence-electron chi connectivity index (χ0n) is 16.8. The van der Waals surface area contributed by atoms with Crippen molar-refractivity contribution in [2.24, 2.45) is 0 Å². The van der Waals surface area contributed by atoms with Gasteiger partial charge in [0.05, 0.1) is 12.1 Å². The molecule has 2 N–H and O–H groups in total. The van der Waals surface area contributed by atoms with E-state index >= 15 is 0 Å². The van der Waals surface area contributed by atoms with Crippen LogP contribution in [0.3, 0.4) is 0 Å². The zero-order chi connectivity index (χ0) is 23.2. The molecule has 0 aliphatic rings. The second kappa shape index (κ2) is 10.6. The molecular formula is C22H15FN4O3S3. The molecule has 7 nitrogen and oxygen atoms in total. The number of amides is 1. The van der Waals surface area contributed by atoms with Crippen LogP contribution < -0.4 is 5.32 Å². The van der Waals surface area contributed by atoms with Crippen LogP contribution in [0.5, 0.6) is 0 Å². The van der Waals surface area contributed by atoms with Crippen LogP contribution in [0, 0.1) is 5.82 Å². The maximum absolute atomic E-state index is 13.3. The van der Waals surface area contributed by atoms with E-state index in [9.17, 15) is 14.0 Å². The Balaban J connectivity index is 1.61. The van der Waals surface area contributed by atoms with E-state index in [2.05, 4.69) is 20.3 Å². The van der Waals surface area contributed by atoms with Crippen LogP contribution in [-0.4, -0.2) is 31.9 Å². The first-order valence-corrected chi connectivity index (χ1v) is 12.0. The van der Waals surface area contributed by atoms with E-state index in [1.165, 1.54) is 35.7 Å². The van der Waals surface area contributed by atoms with Crippen molar-refractivity contribution in [3.05, 3.63) is 83.4 Å². The summed E-state index contributed by atoms with van der Waals surface area (Å²) in [5.41, 5.74) is 0.524. The predicted octanol–water partition coefficient (Wildman–Crippen LogP) is 5.25. The fourth-order valence-electron chi connectivity index (χ4n) is 2.63. The van der Waals surface area contributed by atoms with Gasteiger partial charge in [-0.15, -0.1) is 11.3 Å². The van der Waals surface area contributed by atoms with Gasteiger partial charge < -0.3 is 5.11 Å². The van der Waals surface area contributed by atoms with Gasteiger partial charge in [-0.2, -0.15) is 0 Å². The summed E-state index contributed by atoms with van der Waals surface area (Å²) in [7, 11) is 0. The van der Waals surface area contributed by atoms with Crippen LogP contribution in [0.25, 0.3) is 0 Å². The molecule has 33 heavy (non-hydrogen) atoms. The van der Waals surface area contributed by atoms with E-state index in [0.29, 0.717) is 15.6 Å². The minimum absolute atomic E-state index is 0.167. The number of rotatable bonds is 8. The molecule has 4 rings (SSSR count). The predicted molar refractivity (Wildman–Crippen MR) is 125 cm³/mol. The van der Waals surface area contributed by atoms with E-state index in [0.717, 1.165) is 21.3 Å². The molecule has 0 aliphatic carbocycles. The van der Waals surface area contributed by atoms with E-state index in [1.807, 2.05) is 18.2 Å². The number of nitrogens with one attached hydrogen (secondary N) is 1. The van der Waals surface area contributed by atoms with Crippen LogP contribution in [0.15, 0.2) is 86.0 Å². The number of benzene rings is 1. The monoisotopic (exact) mass is 498 g/mol. The SMILES string of the molecule is O=C(O)Cc1csc(NC(=O)c2nc(Sc3ccccn3)ccc2Sc2ccc(F)cc2)n1. The molecule has 11 heteroatoms. The highest BCUT2D eigenvalue weighted by molar-refractivity contribution is 7.99. The quantitative estimate of drug-likeness (QED) is 0.339. The number of carboxylic acids is 1. The molecule has 0 fully saturated rings. The second-order valence-electron chi connectivity index (χ2n) is 6.49. The summed E-state index contributed by atoms with van der Waals surface area (Å²) in [4.78, 5) is 38.2. The normalized spacial score (nSPS) is 10.7. The van der Waals surface area contributed by atoms with E-state index in [4.69, 9.17) is 5.11 Å². The molecule has 0 radical (unpaired) electrons. The lowest BCUT2D eigenvalue weighted by molar-refractivity contribution is -0.136. The highest BCUT2D eigenvalue weighted by Crippen LogP contribution is 2.33. The van der Waals surface area contributed by atoms with Gasteiger partial charge in [-0.05, 0) is 48.5 Å². The maximum atomic E-state index is 13.3. The minimum atomic E-state index is -1.00. The summed E-state index contributed by atoms with van der Waals surface area (Å²) in [5, 5.41) is 14.8. The molecule has 0 spiro atoms. The lowest BCUT2D eigenvalue weighted by atomic mass is 10.3. The van der Waals surface area contributed by atoms with Crippen molar-refractivity contribution in [2.75, 3.05) is 5.32 Å². The summed E-state index contributed by atoms with van der Waals surface area (Å²) in [6.07, 6.45) is 1.44. The molecule has 0 saturated heterocycles. The first-order valence-electron chi connectivity index (χ1n) is 9.47. The number of aliphatic carboxylic acids is 1. The number of anilines is 1. The maximum Gasteiger partial charge on any atom is 0.309 e. The fraction of sp³-hybridized carbons (Fsp3) is 0.0455. The standard InChI is InChI=1S/C22H15FN4O3S3/c23-13-4-6-15(7-5-13)32-16-8-9-18(33-17-3-1-2-10-24-17)26-20(16)21(30)27-22-25-14(12-31-22)11-19(28)29/h1-10,12H,11H2,(H,28,29)(H,25,27,30). The van der Waals surface area contributed by atoms with Crippen molar-refractivity contribution in [1.29, 1.82) is 0 Å². The summed E-state index contributed by atoms with van der Waals surface area (Å²) in [6, 6.07) is 15.0. The van der Waals surface area contributed by atoms with E-state index in [1.54, 1.807) is 35.8 Å². The molecule has 1 aromatic carbocycles. The Kier molecular flexibility index (Phi) is 7.33. The Morgan fingerprint density at radius 1 is 1.00 bits per heavy atom. The van der Waals surface area contributed by atoms with Gasteiger partial charge in [-0.1, -0.05) is 29.6 Å². The largest absolute Gasteiger partial charge is 0.481 e. The van der Waals surface area contributed by atoms with Gasteiger partial charge in [0, 0.05) is 21.4 Å². The summed E-state index contributed by atoms with van der Waals surface area (Å²) >= 11 is 3.73. The average molecular weight is 499 g/mol. The zero-order valence-corrected chi connectivity index (χ0v) is 19.2. The molecule has 3 heterocycles. The number of carboxylic acid groups (broad SMARTS) is 1. The Morgan fingerprint density at radius 2 is 1.82 bits per heavy atom. The second-order valence-corrected chi connectivity index (χ2v) is 9.51. The van der Waals surface area contributed by atoms with Crippen molar-refractivity contribution < 1.29 is 19.1 Å². The molecule has 0 atom stereocenters. The highest BCUT2D eigenvalue weighted by Gasteiger charge is 2.18. The van der Waals surface area contributed by atoms with Crippen LogP contribution in [0.4, 0.5) is 9.52 Å². The molecule has 1 amide bonds. The van der Waals surface area contributed by atoms with Gasteiger partial charge in [0.1, 0.15) is 21.6 Å². The third-order valence-electron chi connectivity index (χ3n) is 4.04. The van der Waals surface area contributed by atoms with Crippen LogP contribution in [0.2, 0.25) is 0 Å². The topological polar surface area (TPSA) is 105 Å². The molecule has 0 bridgehead atoms. The number of carbonyl (C=O) groups is 2. The van der Waals surface area contributed by atoms with Gasteiger partial charge in [-0.3, -0.25) is 14.9 Å². The van der Waals surface area contributed by atoms with Crippen LogP contribution in [0.1, 0.15) is 16.2 Å². The number of thiazole rings is 1. The van der Waals surface area contributed by atoms with Crippen molar-refractivity contribution in [3.63, 3.8) is 0 Å². The number of nitrogens with zero attached hydrogens (tertiary/aromatic N) is 3. The third kappa shape index (κ3) is 6.37. The number of hydrogen-bond acceptors (Lipinski definition) is 8. The van der Waals surface area contributed by atoms with Crippen molar-refractivity contribution in [1.82, 2.24) is 15.0 Å². The van der Waals surface area contributed by atoms with E-state index in [-0.39, 0.29) is 23.1 Å². The molecule has 0 unspecified atom stereocenters. The van der Waals surface area contributed by atoms with Gasteiger partial charge in [0.25, 0.3) is 5.91 Å². The highest BCUT2D eigenvalue weighted by atomic mass is 32.2. The van der Waals surface area contributed by atoms with Crippen LogP contribution in [-0.2, 0) is 11.2 Å². The summed E-state index contributed by atoms with van der Waals surface area (Å²) in [5.74, 6) is -1.84. The third-order valence-corrected chi connectivity index (χ3v) is 6.79. The van der Waals surface area contributed by atoms with Gasteiger partial charge in [-0.25, -0.2) is 19.3 Å². The number of hydrogen-bond donors (Lipinski definition) is 2. The Labute approximate surface area is 200 Å². The lowest BCUT2D eigenvalue weighted by Gasteiger charge is -2.10. The molecule has 4 aromatic rings. The lowest BCUT2D eigenvalue weighted by Crippen LogP contribution is -2.15. The number of pyridine rings is 2. The Hall–Kier alpha value is -3.28. The Bertz CT molecular complexity index is 1280. The molecule has 3 aromatic heterocycles. The summed E-state index contributed by atoms with van der Waals surface area (Å²) in [6.45, 7) is 0. The molecule has 0 saturated carbocycles. The fourth-order valence-corrected chi connectivity index (χ4v) is 4.98. The van der Waals surface area contributed by atoms with Crippen LogP contribution >= 0.6 is 34.9 Å². The van der Waals surface area contributed by atoms with Crippen molar-refractivity contribution in [3.8, 4) is 0 Å². The first kappa shape index (κ1) is 22.9. The summed E-state index contributed by atoms with van der Waals surface area (Å²) < 4.78 is 13.3. The number of carbonyl (C=O) groups excluding carboxylic acids is 1.